The maximum absolute atomic E-state index is 5.13. The molecule has 3 aromatic rings. The minimum absolute atomic E-state index is 0.343. The maximum Gasteiger partial charge on any atom is 0.216 e. The molecular weight excluding hydrogens is 408 g/mol. The highest BCUT2D eigenvalue weighted by Crippen LogP contribution is 2.10. The van der Waals surface area contributed by atoms with Crippen LogP contribution in [0.3, 0.4) is 0 Å². The van der Waals surface area contributed by atoms with E-state index in [9.17, 15) is 0 Å². The molecule has 0 unspecified atom stereocenters. The lowest BCUT2D eigenvalue weighted by molar-refractivity contribution is 0.414. The van der Waals surface area contributed by atoms with Crippen molar-refractivity contribution in [2.45, 2.75) is 13.8 Å². The third kappa shape index (κ3) is 6.33. The zero-order chi connectivity index (χ0) is 22.8. The van der Waals surface area contributed by atoms with Gasteiger partial charge < -0.3 is 9.47 Å². The molecule has 164 valence electrons. The van der Waals surface area contributed by atoms with Gasteiger partial charge in [-0.25, -0.2) is 0 Å². The highest BCUT2D eigenvalue weighted by Gasteiger charge is 1.97. The second kappa shape index (κ2) is 11.2. The van der Waals surface area contributed by atoms with Crippen LogP contribution in [0.15, 0.2) is 58.7 Å². The summed E-state index contributed by atoms with van der Waals surface area (Å²) in [5.41, 5.74) is 9.52. The second-order valence-corrected chi connectivity index (χ2v) is 6.58. The summed E-state index contributed by atoms with van der Waals surface area (Å²) in [4.78, 5) is 0. The minimum Gasteiger partial charge on any atom is -0.497 e. The number of nitrogens with one attached hydrogen (secondary N) is 2. The lowest BCUT2D eigenvalue weighted by atomic mass is 10.2. The van der Waals surface area contributed by atoms with Crippen molar-refractivity contribution in [3.63, 3.8) is 0 Å². The summed E-state index contributed by atoms with van der Waals surface area (Å²) < 4.78 is 10.3. The van der Waals surface area contributed by atoms with Crippen molar-refractivity contribution in [2.24, 2.45) is 10.2 Å². The van der Waals surface area contributed by atoms with Gasteiger partial charge in [-0.05, 0) is 73.5 Å². The molecule has 0 amide bonds. The van der Waals surface area contributed by atoms with Gasteiger partial charge in [0, 0.05) is 0 Å². The number of ether oxygens (including phenoxy) is 2. The predicted octanol–water partition coefficient (Wildman–Crippen LogP) is 0.787. The van der Waals surface area contributed by atoms with Crippen LogP contribution in [-0.2, 0) is 0 Å². The van der Waals surface area contributed by atoms with Gasteiger partial charge in [0.2, 0.25) is 11.0 Å². The first kappa shape index (κ1) is 22.3. The van der Waals surface area contributed by atoms with Crippen molar-refractivity contribution in [1.29, 1.82) is 0 Å². The number of aromatic nitrogens is 4. The average Bonchev–Trinajstić information content (AvgIpc) is 2.85. The van der Waals surface area contributed by atoms with Gasteiger partial charge in [-0.1, -0.05) is 0 Å². The van der Waals surface area contributed by atoms with Gasteiger partial charge >= 0.3 is 0 Å². The fraction of sp³-hybridized carbons (Fsp3) is 0.182. The summed E-state index contributed by atoms with van der Waals surface area (Å²) in [6.45, 7) is 3.58. The molecule has 1 aromatic heterocycles. The summed E-state index contributed by atoms with van der Waals surface area (Å²) in [6.07, 6.45) is 3.36. The van der Waals surface area contributed by atoms with Crippen LogP contribution >= 0.6 is 0 Å². The van der Waals surface area contributed by atoms with E-state index < -0.39 is 0 Å². The first-order valence-electron chi connectivity index (χ1n) is 9.70. The van der Waals surface area contributed by atoms with Crippen LogP contribution in [0.25, 0.3) is 11.4 Å². The number of hydrogen-bond donors (Lipinski definition) is 2. The van der Waals surface area contributed by atoms with E-state index in [2.05, 4.69) is 41.4 Å². The Morgan fingerprint density at radius 2 is 1.00 bits per heavy atom. The quantitative estimate of drug-likeness (QED) is 0.396. The van der Waals surface area contributed by atoms with E-state index in [4.69, 9.17) is 9.47 Å². The molecule has 2 N–H and O–H groups in total. The van der Waals surface area contributed by atoms with E-state index in [1.807, 2.05) is 48.5 Å². The Balaban J connectivity index is 1.63. The normalized spacial score (nSPS) is 10.9. The second-order valence-electron chi connectivity index (χ2n) is 6.58. The molecule has 10 nitrogen and oxygen atoms in total. The Morgan fingerprint density at radius 3 is 1.31 bits per heavy atom. The number of rotatable bonds is 8. The molecule has 10 heteroatoms. The number of methoxy groups -OCH3 is 2. The summed E-state index contributed by atoms with van der Waals surface area (Å²) in [6, 6.07) is 15.0. The van der Waals surface area contributed by atoms with Gasteiger partial charge in [0.05, 0.1) is 38.0 Å². The molecule has 0 spiro atoms. The first-order chi connectivity index (χ1) is 15.6. The Morgan fingerprint density at radius 1 is 0.656 bits per heavy atom. The van der Waals surface area contributed by atoms with Gasteiger partial charge in [-0.2, -0.15) is 10.2 Å². The molecule has 2 aromatic carbocycles. The Bertz CT molecular complexity index is 1090. The predicted molar refractivity (Wildman–Crippen MR) is 122 cm³/mol. The minimum atomic E-state index is 0.343. The molecule has 0 saturated carbocycles. The van der Waals surface area contributed by atoms with Gasteiger partial charge in [-0.3, -0.25) is 10.9 Å². The number of nitrogens with zero attached hydrogens (tertiary/aromatic N) is 6. The largest absolute Gasteiger partial charge is 0.497 e. The molecule has 0 aliphatic heterocycles. The molecule has 0 aliphatic carbocycles. The molecule has 1 heterocycles. The van der Waals surface area contributed by atoms with Crippen molar-refractivity contribution in [2.75, 3.05) is 14.2 Å². The highest BCUT2D eigenvalue weighted by atomic mass is 16.5. The molecule has 0 radical (unpaired) electrons. The third-order valence-corrected chi connectivity index (χ3v) is 4.27. The topological polar surface area (TPSA) is 119 Å². The van der Waals surface area contributed by atoms with Gasteiger partial charge in [0.1, 0.15) is 11.5 Å². The van der Waals surface area contributed by atoms with E-state index in [-0.39, 0.29) is 0 Å². The van der Waals surface area contributed by atoms with E-state index in [0.29, 0.717) is 22.4 Å². The first-order valence-corrected chi connectivity index (χ1v) is 9.70. The van der Waals surface area contributed by atoms with E-state index in [0.717, 1.165) is 22.6 Å². The summed E-state index contributed by atoms with van der Waals surface area (Å²) in [7, 11) is 3.25. The maximum atomic E-state index is 5.13. The van der Waals surface area contributed by atoms with E-state index in [1.165, 1.54) is 0 Å². The number of hydrogen-bond acceptors (Lipinski definition) is 10. The molecule has 3 rings (SSSR count). The number of hydrazone groups is 2. The molecule has 0 fully saturated rings. The SMILES string of the molecule is COc1ccc(/C=N/NC(C)=c2nnc(=C(C)N/N=C/c3ccc(OC)cc3)nn2)cc1. The number of benzene rings is 2. The Labute approximate surface area is 185 Å². The molecular formula is C22H24N8O2. The van der Waals surface area contributed by atoms with Crippen molar-refractivity contribution < 1.29 is 9.47 Å². The molecule has 0 aliphatic rings. The lowest BCUT2D eigenvalue weighted by Crippen LogP contribution is -2.32. The van der Waals surface area contributed by atoms with Crippen molar-refractivity contribution in [1.82, 2.24) is 31.2 Å². The van der Waals surface area contributed by atoms with Crippen molar-refractivity contribution in [3.05, 3.63) is 70.6 Å². The van der Waals surface area contributed by atoms with Gasteiger partial charge in [0.15, 0.2) is 0 Å². The van der Waals surface area contributed by atoms with Crippen LogP contribution < -0.4 is 31.3 Å². The van der Waals surface area contributed by atoms with Crippen LogP contribution in [0, 0.1) is 0 Å². The monoisotopic (exact) mass is 432 g/mol. The summed E-state index contributed by atoms with van der Waals surface area (Å²) >= 11 is 0. The zero-order valence-electron chi connectivity index (χ0n) is 18.3. The molecule has 0 bridgehead atoms. The smallest absolute Gasteiger partial charge is 0.216 e. The van der Waals surface area contributed by atoms with Crippen LogP contribution in [0.1, 0.15) is 25.0 Å². The third-order valence-electron chi connectivity index (χ3n) is 4.27. The van der Waals surface area contributed by atoms with Crippen LogP contribution in [0.4, 0.5) is 0 Å². The Kier molecular flexibility index (Phi) is 7.79. The fourth-order valence-corrected chi connectivity index (χ4v) is 2.42. The van der Waals surface area contributed by atoms with Crippen molar-refractivity contribution >= 4 is 23.8 Å². The van der Waals surface area contributed by atoms with Crippen LogP contribution in [-0.4, -0.2) is 47.0 Å². The van der Waals surface area contributed by atoms with Crippen molar-refractivity contribution in [3.8, 4) is 11.5 Å². The zero-order valence-corrected chi connectivity index (χ0v) is 18.3. The van der Waals surface area contributed by atoms with Crippen LogP contribution in [0.5, 0.6) is 11.5 Å². The van der Waals surface area contributed by atoms with Crippen LogP contribution in [0.2, 0.25) is 0 Å². The molecule has 0 atom stereocenters. The average molecular weight is 432 g/mol. The van der Waals surface area contributed by atoms with Gasteiger partial charge in [0.25, 0.3) is 0 Å². The highest BCUT2D eigenvalue weighted by molar-refractivity contribution is 5.80. The fourth-order valence-electron chi connectivity index (χ4n) is 2.42. The Hall–Kier alpha value is -4.34. The standard InChI is InChI=1S/C22H24N8O2/c1-15(25-23-13-17-5-9-19(31-3)10-6-17)21-27-29-22(30-28-21)16(2)26-24-14-18-7-11-20(32-4)12-8-18/h5-14,25-26H,1-4H3/b21-15?,22-16?,23-13+,24-14+. The lowest BCUT2D eigenvalue weighted by Gasteiger charge is -2.01. The van der Waals surface area contributed by atoms with E-state index >= 15 is 0 Å². The molecule has 32 heavy (non-hydrogen) atoms. The van der Waals surface area contributed by atoms with E-state index in [1.54, 1.807) is 40.5 Å². The van der Waals surface area contributed by atoms with Gasteiger partial charge in [-0.15, -0.1) is 20.4 Å². The summed E-state index contributed by atoms with van der Waals surface area (Å²) in [5, 5.41) is 24.7. The summed E-state index contributed by atoms with van der Waals surface area (Å²) in [5.74, 6) is 1.58. The molecule has 0 saturated heterocycles.